The molecule has 12 heteroatoms. The SMILES string of the molecule is C=CC(=O)N1C2CCC1CN(c1nc(OC[C@@]34CCCN3C[C@H](F)C4)nc3c(F)c(-c4cc(O)cc5cccc(F)c45)ncc13)C2. The van der Waals surface area contributed by atoms with E-state index in [-0.39, 0.29) is 58.5 Å². The van der Waals surface area contributed by atoms with E-state index in [1.165, 1.54) is 36.5 Å². The molecule has 2 unspecified atom stereocenters. The van der Waals surface area contributed by atoms with E-state index in [4.69, 9.17) is 9.72 Å². The Balaban J connectivity index is 1.24. The zero-order valence-electron chi connectivity index (χ0n) is 25.1. The van der Waals surface area contributed by atoms with Gasteiger partial charge in [0.2, 0.25) is 5.91 Å². The molecule has 238 valence electrons. The number of benzene rings is 2. The highest BCUT2D eigenvalue weighted by Crippen LogP contribution is 2.42. The van der Waals surface area contributed by atoms with E-state index in [1.807, 2.05) is 9.80 Å². The number of rotatable bonds is 6. The number of amides is 1. The van der Waals surface area contributed by atoms with Crippen LogP contribution in [0.5, 0.6) is 11.8 Å². The Morgan fingerprint density at radius 2 is 1.96 bits per heavy atom. The Labute approximate surface area is 263 Å². The maximum Gasteiger partial charge on any atom is 0.319 e. The highest BCUT2D eigenvalue weighted by atomic mass is 19.1. The summed E-state index contributed by atoms with van der Waals surface area (Å²) in [5.74, 6) is -1.24. The van der Waals surface area contributed by atoms with Gasteiger partial charge < -0.3 is 19.6 Å². The summed E-state index contributed by atoms with van der Waals surface area (Å²) in [6, 6.07) is 6.94. The second-order valence-electron chi connectivity index (χ2n) is 12.9. The predicted molar refractivity (Wildman–Crippen MR) is 166 cm³/mol. The lowest BCUT2D eigenvalue weighted by atomic mass is 9.95. The molecule has 6 heterocycles. The van der Waals surface area contributed by atoms with Crippen molar-refractivity contribution < 1.29 is 27.8 Å². The number of hydrogen-bond acceptors (Lipinski definition) is 8. The molecule has 4 aliphatic rings. The number of anilines is 1. The van der Waals surface area contributed by atoms with Crippen molar-refractivity contribution in [1.29, 1.82) is 0 Å². The van der Waals surface area contributed by atoms with Crippen molar-refractivity contribution >= 4 is 33.4 Å². The molecular weight excluding hydrogens is 597 g/mol. The zero-order chi connectivity index (χ0) is 31.7. The van der Waals surface area contributed by atoms with Gasteiger partial charge in [-0.25, -0.2) is 13.2 Å². The molecule has 4 atom stereocenters. The minimum absolute atomic E-state index is 0.0500. The molecule has 1 N–H and O–H groups in total. The summed E-state index contributed by atoms with van der Waals surface area (Å²) < 4.78 is 52.5. The number of carbonyl (C=O) groups excluding carboxylic acids is 1. The summed E-state index contributed by atoms with van der Waals surface area (Å²) in [4.78, 5) is 32.4. The smallest absolute Gasteiger partial charge is 0.319 e. The number of phenols is 1. The van der Waals surface area contributed by atoms with Crippen LogP contribution in [-0.4, -0.2) is 92.3 Å². The van der Waals surface area contributed by atoms with E-state index in [0.717, 1.165) is 32.2 Å². The molecule has 46 heavy (non-hydrogen) atoms. The fraction of sp³-hybridized carbons (Fsp3) is 0.412. The number of fused-ring (bicyclic) bond motifs is 5. The largest absolute Gasteiger partial charge is 0.508 e. The number of aromatic hydroxyl groups is 1. The number of pyridine rings is 1. The van der Waals surface area contributed by atoms with Crippen molar-refractivity contribution in [3.63, 3.8) is 0 Å². The van der Waals surface area contributed by atoms with E-state index in [0.29, 0.717) is 42.6 Å². The number of piperazine rings is 1. The fourth-order valence-corrected chi connectivity index (χ4v) is 8.26. The predicted octanol–water partition coefficient (Wildman–Crippen LogP) is 5.15. The van der Waals surface area contributed by atoms with Crippen molar-refractivity contribution in [2.75, 3.05) is 37.7 Å². The molecule has 4 fully saturated rings. The van der Waals surface area contributed by atoms with Crippen LogP contribution in [-0.2, 0) is 4.79 Å². The van der Waals surface area contributed by atoms with E-state index < -0.39 is 23.3 Å². The zero-order valence-corrected chi connectivity index (χ0v) is 25.1. The van der Waals surface area contributed by atoms with Crippen LogP contribution < -0.4 is 9.64 Å². The van der Waals surface area contributed by atoms with Crippen LogP contribution in [0.2, 0.25) is 0 Å². The van der Waals surface area contributed by atoms with Crippen LogP contribution in [0.1, 0.15) is 32.1 Å². The lowest BCUT2D eigenvalue weighted by molar-refractivity contribution is -0.129. The van der Waals surface area contributed by atoms with Crippen LogP contribution in [0.3, 0.4) is 0 Å². The molecule has 2 bridgehead atoms. The molecule has 4 aliphatic heterocycles. The first kappa shape index (κ1) is 29.0. The van der Waals surface area contributed by atoms with Gasteiger partial charge >= 0.3 is 6.01 Å². The normalized spacial score (nSPS) is 25.8. The molecule has 4 aromatic rings. The Morgan fingerprint density at radius 1 is 1.15 bits per heavy atom. The van der Waals surface area contributed by atoms with Crippen molar-refractivity contribution in [2.45, 2.75) is 55.9 Å². The minimum atomic E-state index is -0.939. The molecule has 4 saturated heterocycles. The van der Waals surface area contributed by atoms with Gasteiger partial charge in [-0.15, -0.1) is 0 Å². The second-order valence-corrected chi connectivity index (χ2v) is 12.9. The molecule has 2 aromatic heterocycles. The monoisotopic (exact) mass is 630 g/mol. The van der Waals surface area contributed by atoms with Crippen molar-refractivity contribution in [3.8, 4) is 23.0 Å². The number of phenolic OH excluding ortho intramolecular Hbond substituents is 1. The highest BCUT2D eigenvalue weighted by Gasteiger charge is 2.49. The van der Waals surface area contributed by atoms with Gasteiger partial charge in [-0.1, -0.05) is 18.7 Å². The Bertz CT molecular complexity index is 1890. The van der Waals surface area contributed by atoms with Crippen LogP contribution in [0, 0.1) is 11.6 Å². The summed E-state index contributed by atoms with van der Waals surface area (Å²) in [6.45, 7) is 5.91. The Morgan fingerprint density at radius 3 is 2.74 bits per heavy atom. The number of aromatic nitrogens is 3. The molecule has 0 saturated carbocycles. The van der Waals surface area contributed by atoms with Crippen LogP contribution >= 0.6 is 0 Å². The second kappa shape index (κ2) is 10.8. The maximum atomic E-state index is 16.7. The van der Waals surface area contributed by atoms with Crippen LogP contribution in [0.15, 0.2) is 49.2 Å². The Kier molecular flexibility index (Phi) is 6.82. The van der Waals surface area contributed by atoms with Gasteiger partial charge in [-0.3, -0.25) is 14.7 Å². The van der Waals surface area contributed by atoms with E-state index in [1.54, 1.807) is 6.07 Å². The molecule has 2 aromatic carbocycles. The summed E-state index contributed by atoms with van der Waals surface area (Å²) in [6.07, 6.45) is 5.59. The quantitative estimate of drug-likeness (QED) is 0.293. The van der Waals surface area contributed by atoms with Crippen molar-refractivity contribution in [3.05, 3.63) is 60.8 Å². The standard InChI is InChI=1S/C34H33F3N6O3/c1-2-27(45)43-21-7-8-22(43)17-41(16-21)32-25-14-38-30(24-12-23(44)11-19-5-3-6-26(36)28(19)24)29(37)31(25)39-33(40-32)46-18-34-9-4-10-42(34)15-20(35)13-34/h2-3,5-6,11-12,14,20-22,44H,1,4,7-10,13,15-18H2/t20-,21?,22?,34+/m1/s1. The average Bonchev–Trinajstić information content (AvgIpc) is 3.66. The van der Waals surface area contributed by atoms with Crippen molar-refractivity contribution in [2.24, 2.45) is 0 Å². The third-order valence-corrected chi connectivity index (χ3v) is 10.3. The molecule has 8 rings (SSSR count). The molecule has 0 aliphatic carbocycles. The number of nitrogens with zero attached hydrogens (tertiary/aromatic N) is 6. The summed E-state index contributed by atoms with van der Waals surface area (Å²) in [5.41, 5.74) is -0.615. The van der Waals surface area contributed by atoms with Crippen molar-refractivity contribution in [1.82, 2.24) is 24.8 Å². The van der Waals surface area contributed by atoms with Gasteiger partial charge in [0.25, 0.3) is 0 Å². The van der Waals surface area contributed by atoms with Gasteiger partial charge in [0, 0.05) is 55.3 Å². The topological polar surface area (TPSA) is 94.9 Å². The maximum absolute atomic E-state index is 16.7. The number of carbonyl (C=O) groups is 1. The van der Waals surface area contributed by atoms with E-state index >= 15 is 8.78 Å². The summed E-state index contributed by atoms with van der Waals surface area (Å²) in [7, 11) is 0. The third kappa shape index (κ3) is 4.56. The van der Waals surface area contributed by atoms with Crippen LogP contribution in [0.25, 0.3) is 32.9 Å². The van der Waals surface area contributed by atoms with E-state index in [9.17, 15) is 14.3 Å². The number of halogens is 3. The first-order valence-corrected chi connectivity index (χ1v) is 15.7. The molecule has 1 amide bonds. The van der Waals surface area contributed by atoms with E-state index in [2.05, 4.69) is 21.4 Å². The van der Waals surface area contributed by atoms with Gasteiger partial charge in [-0.2, -0.15) is 9.97 Å². The number of hydrogen-bond donors (Lipinski definition) is 1. The Hall–Kier alpha value is -4.45. The van der Waals surface area contributed by atoms with Gasteiger partial charge in [0.1, 0.15) is 41.4 Å². The summed E-state index contributed by atoms with van der Waals surface area (Å²) in [5, 5.41) is 11.3. The number of ether oxygens (including phenoxy) is 1. The molecular formula is C34H33F3N6O3. The lowest BCUT2D eigenvalue weighted by Crippen LogP contribution is -2.55. The third-order valence-electron chi connectivity index (χ3n) is 10.3. The first-order chi connectivity index (χ1) is 22.2. The average molecular weight is 631 g/mol. The van der Waals surface area contributed by atoms with Gasteiger partial charge in [-0.05, 0) is 61.9 Å². The first-order valence-electron chi connectivity index (χ1n) is 15.7. The highest BCUT2D eigenvalue weighted by molar-refractivity contribution is 6.00. The van der Waals surface area contributed by atoms with Gasteiger partial charge in [0.05, 0.1) is 10.9 Å². The number of alkyl halides is 1. The minimum Gasteiger partial charge on any atom is -0.508 e. The fourth-order valence-electron chi connectivity index (χ4n) is 8.26. The molecule has 0 spiro atoms. The van der Waals surface area contributed by atoms with Gasteiger partial charge in [0.15, 0.2) is 5.82 Å². The summed E-state index contributed by atoms with van der Waals surface area (Å²) >= 11 is 0. The molecule has 9 nitrogen and oxygen atoms in total. The lowest BCUT2D eigenvalue weighted by Gasteiger charge is -2.41. The van der Waals surface area contributed by atoms with Crippen LogP contribution in [0.4, 0.5) is 19.0 Å². The molecule has 0 radical (unpaired) electrons.